The van der Waals surface area contributed by atoms with Gasteiger partial charge in [0.2, 0.25) is 0 Å². The van der Waals surface area contributed by atoms with Gasteiger partial charge in [0, 0.05) is 25.8 Å². The molecule has 3 rings (SSSR count). The monoisotopic (exact) mass is 292 g/mol. The molecule has 3 heterocycles. The van der Waals surface area contributed by atoms with Crippen molar-refractivity contribution in [3.8, 4) is 0 Å². The van der Waals surface area contributed by atoms with E-state index in [4.69, 9.17) is 11.6 Å². The van der Waals surface area contributed by atoms with Crippen LogP contribution in [0.1, 0.15) is 18.3 Å². The Morgan fingerprint density at radius 3 is 3.10 bits per heavy atom. The van der Waals surface area contributed by atoms with Crippen LogP contribution in [-0.4, -0.2) is 32.8 Å². The van der Waals surface area contributed by atoms with Crippen LogP contribution in [0.3, 0.4) is 0 Å². The number of halogens is 1. The molecule has 2 aromatic rings. The van der Waals surface area contributed by atoms with Crippen LogP contribution in [0.25, 0.3) is 0 Å². The van der Waals surface area contributed by atoms with Crippen molar-refractivity contribution in [2.24, 2.45) is 0 Å². The fourth-order valence-corrected chi connectivity index (χ4v) is 2.62. The van der Waals surface area contributed by atoms with Gasteiger partial charge in [0.15, 0.2) is 5.82 Å². The van der Waals surface area contributed by atoms with Crippen LogP contribution in [0.2, 0.25) is 5.02 Å². The lowest BCUT2D eigenvalue weighted by Gasteiger charge is -2.28. The molecule has 0 atom stereocenters. The normalized spacial score (nSPS) is 14.4. The highest BCUT2D eigenvalue weighted by atomic mass is 35.5. The summed E-state index contributed by atoms with van der Waals surface area (Å²) in [6.45, 7) is 6.22. The minimum atomic E-state index is 0.688. The van der Waals surface area contributed by atoms with E-state index in [2.05, 4.69) is 36.9 Å². The van der Waals surface area contributed by atoms with Crippen LogP contribution < -0.4 is 10.2 Å². The average molecular weight is 293 g/mol. The second-order valence-electron chi connectivity index (χ2n) is 4.79. The number of anilines is 1. The molecule has 6 nitrogen and oxygen atoms in total. The Morgan fingerprint density at radius 1 is 1.40 bits per heavy atom. The fourth-order valence-electron chi connectivity index (χ4n) is 2.32. The maximum atomic E-state index is 6.37. The number of aromatic nitrogens is 4. The Hall–Kier alpha value is -1.66. The Balaban J connectivity index is 1.78. The molecular formula is C13H17ClN6. The minimum absolute atomic E-state index is 0.688. The van der Waals surface area contributed by atoms with Crippen LogP contribution in [0.15, 0.2) is 18.6 Å². The molecule has 0 aromatic carbocycles. The molecule has 0 aliphatic carbocycles. The highest BCUT2D eigenvalue weighted by Crippen LogP contribution is 2.26. The van der Waals surface area contributed by atoms with E-state index in [0.29, 0.717) is 11.6 Å². The lowest BCUT2D eigenvalue weighted by Crippen LogP contribution is -2.34. The smallest absolute Gasteiger partial charge is 0.152 e. The first-order valence-corrected chi connectivity index (χ1v) is 7.12. The fraction of sp³-hybridized carbons (Fsp3) is 0.462. The topological polar surface area (TPSA) is 58.9 Å². The van der Waals surface area contributed by atoms with Crippen molar-refractivity contribution >= 4 is 17.4 Å². The van der Waals surface area contributed by atoms with Crippen molar-refractivity contribution in [2.75, 3.05) is 18.0 Å². The zero-order chi connectivity index (χ0) is 13.9. The third-order valence-electron chi connectivity index (χ3n) is 3.40. The highest BCUT2D eigenvalue weighted by molar-refractivity contribution is 6.33. The summed E-state index contributed by atoms with van der Waals surface area (Å²) in [5.41, 5.74) is 1.10. The molecule has 0 fully saturated rings. The number of hydrogen-bond donors (Lipinski definition) is 1. The predicted molar refractivity (Wildman–Crippen MR) is 77.7 cm³/mol. The first kappa shape index (κ1) is 13.3. The maximum absolute atomic E-state index is 6.37. The van der Waals surface area contributed by atoms with Gasteiger partial charge in [-0.25, -0.2) is 4.98 Å². The maximum Gasteiger partial charge on any atom is 0.152 e. The molecule has 1 aliphatic heterocycles. The Morgan fingerprint density at radius 2 is 2.30 bits per heavy atom. The van der Waals surface area contributed by atoms with Gasteiger partial charge in [-0.05, 0) is 18.2 Å². The van der Waals surface area contributed by atoms with Gasteiger partial charge in [-0.15, -0.1) is 10.2 Å². The minimum Gasteiger partial charge on any atom is -0.346 e. The molecule has 106 valence electrons. The molecule has 0 spiro atoms. The Kier molecular flexibility index (Phi) is 3.84. The molecule has 0 bridgehead atoms. The molecule has 0 amide bonds. The lowest BCUT2D eigenvalue weighted by molar-refractivity contribution is 0.556. The lowest BCUT2D eigenvalue weighted by atomic mass is 10.2. The van der Waals surface area contributed by atoms with E-state index in [1.54, 1.807) is 6.33 Å². The van der Waals surface area contributed by atoms with Gasteiger partial charge in [-0.3, -0.25) is 0 Å². The summed E-state index contributed by atoms with van der Waals surface area (Å²) < 4.78 is 2.06. The van der Waals surface area contributed by atoms with Crippen molar-refractivity contribution in [1.82, 2.24) is 25.1 Å². The molecule has 1 N–H and O–H groups in total. The number of rotatable bonds is 4. The van der Waals surface area contributed by atoms with Crippen molar-refractivity contribution < 1.29 is 0 Å². The predicted octanol–water partition coefficient (Wildman–Crippen LogP) is 1.46. The number of pyridine rings is 1. The van der Waals surface area contributed by atoms with E-state index in [0.717, 1.165) is 43.4 Å². The standard InChI is InChI=1S/C13H17ClN6/c1-2-15-6-10-5-11(14)13(16-7-10)19-3-4-20-9-17-18-12(20)8-19/h5,7,9,15H,2-4,6,8H2,1H3. The third kappa shape index (κ3) is 2.62. The van der Waals surface area contributed by atoms with E-state index in [1.165, 1.54) is 0 Å². The van der Waals surface area contributed by atoms with Crippen molar-refractivity contribution in [1.29, 1.82) is 0 Å². The largest absolute Gasteiger partial charge is 0.346 e. The Labute approximate surface area is 122 Å². The van der Waals surface area contributed by atoms with E-state index in [1.807, 2.05) is 12.3 Å². The van der Waals surface area contributed by atoms with E-state index in [9.17, 15) is 0 Å². The van der Waals surface area contributed by atoms with E-state index < -0.39 is 0 Å². The molecule has 20 heavy (non-hydrogen) atoms. The zero-order valence-corrected chi connectivity index (χ0v) is 12.1. The van der Waals surface area contributed by atoms with Gasteiger partial charge in [-0.1, -0.05) is 18.5 Å². The van der Waals surface area contributed by atoms with Gasteiger partial charge >= 0.3 is 0 Å². The molecule has 0 unspecified atom stereocenters. The van der Waals surface area contributed by atoms with Crippen molar-refractivity contribution in [2.45, 2.75) is 26.6 Å². The summed E-state index contributed by atoms with van der Waals surface area (Å²) in [5, 5.41) is 12.0. The molecule has 0 saturated heterocycles. The quantitative estimate of drug-likeness (QED) is 0.924. The molecule has 0 radical (unpaired) electrons. The van der Waals surface area contributed by atoms with Crippen molar-refractivity contribution in [3.05, 3.63) is 35.0 Å². The number of fused-ring (bicyclic) bond motifs is 1. The first-order valence-electron chi connectivity index (χ1n) is 6.74. The summed E-state index contributed by atoms with van der Waals surface area (Å²) in [7, 11) is 0. The van der Waals surface area contributed by atoms with Crippen LogP contribution in [0.5, 0.6) is 0 Å². The first-order chi connectivity index (χ1) is 9.78. The van der Waals surface area contributed by atoms with Gasteiger partial charge < -0.3 is 14.8 Å². The molecule has 7 heteroatoms. The van der Waals surface area contributed by atoms with Gasteiger partial charge in [0.1, 0.15) is 12.1 Å². The van der Waals surface area contributed by atoms with Gasteiger partial charge in [0.25, 0.3) is 0 Å². The molecular weight excluding hydrogens is 276 g/mol. The second kappa shape index (κ2) is 5.76. The third-order valence-corrected chi connectivity index (χ3v) is 3.67. The SMILES string of the molecule is CCNCc1cnc(N2CCn3cnnc3C2)c(Cl)c1. The summed E-state index contributed by atoms with van der Waals surface area (Å²) >= 11 is 6.37. The average Bonchev–Trinajstić information content (AvgIpc) is 2.92. The number of nitrogens with zero attached hydrogens (tertiary/aromatic N) is 5. The van der Waals surface area contributed by atoms with Crippen LogP contribution in [0, 0.1) is 0 Å². The van der Waals surface area contributed by atoms with Gasteiger partial charge in [0.05, 0.1) is 11.6 Å². The molecule has 1 aliphatic rings. The van der Waals surface area contributed by atoms with Gasteiger partial charge in [-0.2, -0.15) is 0 Å². The molecule has 0 saturated carbocycles. The molecule has 2 aromatic heterocycles. The summed E-state index contributed by atoms with van der Waals surface area (Å²) in [5.74, 6) is 1.77. The highest BCUT2D eigenvalue weighted by Gasteiger charge is 2.20. The van der Waals surface area contributed by atoms with Crippen LogP contribution >= 0.6 is 11.6 Å². The van der Waals surface area contributed by atoms with Crippen LogP contribution in [0.4, 0.5) is 5.82 Å². The summed E-state index contributed by atoms with van der Waals surface area (Å²) in [6.07, 6.45) is 3.64. The zero-order valence-electron chi connectivity index (χ0n) is 11.4. The van der Waals surface area contributed by atoms with Crippen molar-refractivity contribution in [3.63, 3.8) is 0 Å². The summed E-state index contributed by atoms with van der Waals surface area (Å²) in [4.78, 5) is 6.65. The number of nitrogens with one attached hydrogen (secondary N) is 1. The Bertz CT molecular complexity index is 596. The van der Waals surface area contributed by atoms with E-state index >= 15 is 0 Å². The van der Waals surface area contributed by atoms with Crippen LogP contribution in [-0.2, 0) is 19.6 Å². The summed E-state index contributed by atoms with van der Waals surface area (Å²) in [6, 6.07) is 1.98. The number of hydrogen-bond acceptors (Lipinski definition) is 5. The second-order valence-corrected chi connectivity index (χ2v) is 5.20. The van der Waals surface area contributed by atoms with E-state index in [-0.39, 0.29) is 0 Å².